The molecule has 0 spiro atoms. The minimum absolute atomic E-state index is 0.0993. The fourth-order valence-electron chi connectivity index (χ4n) is 1.68. The van der Waals surface area contributed by atoms with Crippen molar-refractivity contribution in [3.63, 3.8) is 0 Å². The van der Waals surface area contributed by atoms with E-state index in [9.17, 15) is 0 Å². The quantitative estimate of drug-likeness (QED) is 0.495. The van der Waals surface area contributed by atoms with Crippen LogP contribution in [0.3, 0.4) is 0 Å². The van der Waals surface area contributed by atoms with Gasteiger partial charge in [0.1, 0.15) is 0 Å². The molecule has 94 valence electrons. The summed E-state index contributed by atoms with van der Waals surface area (Å²) in [6, 6.07) is 18.7. The van der Waals surface area contributed by atoms with Crippen LogP contribution in [-0.4, -0.2) is 5.33 Å². The van der Waals surface area contributed by atoms with Gasteiger partial charge >= 0.3 is 0 Å². The average molecular weight is 417 g/mol. The van der Waals surface area contributed by atoms with Gasteiger partial charge in [0.25, 0.3) is 0 Å². The topological polar surface area (TPSA) is 9.23 Å². The first-order valence-corrected chi connectivity index (χ1v) is 7.96. The van der Waals surface area contributed by atoms with Crippen molar-refractivity contribution in [3.8, 4) is 0 Å². The summed E-state index contributed by atoms with van der Waals surface area (Å²) in [5, 5.41) is 0.806. The largest absolute Gasteiger partial charge is 0.368 e. The highest BCUT2D eigenvalue weighted by molar-refractivity contribution is 14.1. The Morgan fingerprint density at radius 3 is 2.28 bits per heavy atom. The van der Waals surface area contributed by atoms with Gasteiger partial charge in [-0.3, -0.25) is 0 Å². The summed E-state index contributed by atoms with van der Waals surface area (Å²) in [6.45, 7) is 0.642. The highest BCUT2D eigenvalue weighted by atomic mass is 127. The van der Waals surface area contributed by atoms with Crippen molar-refractivity contribution in [3.05, 3.63) is 69.3 Å². The van der Waals surface area contributed by atoms with Crippen LogP contribution in [0.4, 0.5) is 0 Å². The summed E-state index contributed by atoms with van der Waals surface area (Å²) in [5.41, 5.74) is 2.41. The van der Waals surface area contributed by atoms with Crippen molar-refractivity contribution in [2.45, 2.75) is 12.7 Å². The number of ether oxygens (including phenoxy) is 1. The summed E-state index contributed by atoms with van der Waals surface area (Å²) in [5.74, 6) is 0. The maximum absolute atomic E-state index is 5.95. The summed E-state index contributed by atoms with van der Waals surface area (Å²) >= 11 is 5.83. The van der Waals surface area contributed by atoms with Gasteiger partial charge in [-0.05, 0) is 45.9 Å². The molecule has 3 heteroatoms. The Hall–Kier alpha value is -0.390. The molecule has 0 fully saturated rings. The lowest BCUT2D eigenvalue weighted by Crippen LogP contribution is -2.06. The van der Waals surface area contributed by atoms with Gasteiger partial charge in [-0.2, -0.15) is 0 Å². The van der Waals surface area contributed by atoms with Crippen LogP contribution in [0.1, 0.15) is 17.2 Å². The maximum atomic E-state index is 5.95. The molecule has 18 heavy (non-hydrogen) atoms. The third-order valence-electron chi connectivity index (χ3n) is 2.68. The van der Waals surface area contributed by atoms with E-state index in [-0.39, 0.29) is 6.10 Å². The molecule has 0 saturated carbocycles. The molecule has 0 bridgehead atoms. The Morgan fingerprint density at radius 1 is 1.00 bits per heavy atom. The molecule has 0 amide bonds. The Kier molecular flexibility index (Phi) is 5.66. The molecule has 2 rings (SSSR count). The lowest BCUT2D eigenvalue weighted by atomic mass is 10.1. The summed E-state index contributed by atoms with van der Waals surface area (Å²) in [4.78, 5) is 0. The lowest BCUT2D eigenvalue weighted by molar-refractivity contribution is 0.0566. The number of hydrogen-bond acceptors (Lipinski definition) is 1. The van der Waals surface area contributed by atoms with E-state index >= 15 is 0 Å². The number of rotatable bonds is 5. The molecular weight excluding hydrogens is 403 g/mol. The predicted molar refractivity (Wildman–Crippen MR) is 86.9 cm³/mol. The molecule has 2 aromatic rings. The van der Waals surface area contributed by atoms with E-state index in [4.69, 9.17) is 4.74 Å². The Labute approximate surface area is 130 Å². The van der Waals surface area contributed by atoms with Crippen molar-refractivity contribution in [2.24, 2.45) is 0 Å². The van der Waals surface area contributed by atoms with Crippen LogP contribution in [0.15, 0.2) is 54.6 Å². The van der Waals surface area contributed by atoms with Crippen molar-refractivity contribution >= 4 is 38.5 Å². The first kappa shape index (κ1) is 14.0. The second kappa shape index (κ2) is 7.26. The predicted octanol–water partition coefficient (Wildman–Crippen LogP) is 4.94. The van der Waals surface area contributed by atoms with Crippen LogP contribution in [-0.2, 0) is 11.3 Å². The van der Waals surface area contributed by atoms with Gasteiger partial charge in [0.05, 0.1) is 12.7 Å². The number of alkyl halides is 1. The van der Waals surface area contributed by atoms with Crippen LogP contribution in [0.5, 0.6) is 0 Å². The standard InChI is InChI=1S/C15H14BrIO/c16-10-15(13-6-8-14(17)9-7-13)18-11-12-4-2-1-3-5-12/h1-9,15H,10-11H2. The smallest absolute Gasteiger partial charge is 0.0926 e. The second-order valence-corrected chi connectivity index (χ2v) is 5.88. The minimum Gasteiger partial charge on any atom is -0.368 e. The fourth-order valence-corrected chi connectivity index (χ4v) is 2.60. The second-order valence-electron chi connectivity index (χ2n) is 3.99. The molecule has 1 nitrogen and oxygen atoms in total. The zero-order valence-electron chi connectivity index (χ0n) is 9.85. The van der Waals surface area contributed by atoms with E-state index in [0.717, 1.165) is 5.33 Å². The number of benzene rings is 2. The molecule has 1 atom stereocenters. The molecule has 0 saturated heterocycles. The summed E-state index contributed by atoms with van der Waals surface area (Å²) in [6.07, 6.45) is 0.0993. The minimum atomic E-state index is 0.0993. The lowest BCUT2D eigenvalue weighted by Gasteiger charge is -2.16. The number of hydrogen-bond donors (Lipinski definition) is 0. The molecule has 0 N–H and O–H groups in total. The molecule has 0 aromatic heterocycles. The Balaban J connectivity index is 1.99. The van der Waals surface area contributed by atoms with Crippen LogP contribution >= 0.6 is 38.5 Å². The van der Waals surface area contributed by atoms with E-state index < -0.39 is 0 Å². The van der Waals surface area contributed by atoms with Gasteiger partial charge in [0.2, 0.25) is 0 Å². The zero-order valence-corrected chi connectivity index (χ0v) is 13.6. The van der Waals surface area contributed by atoms with Gasteiger partial charge in [-0.25, -0.2) is 0 Å². The van der Waals surface area contributed by atoms with Crippen molar-refractivity contribution in [1.82, 2.24) is 0 Å². The highest BCUT2D eigenvalue weighted by Crippen LogP contribution is 2.22. The molecule has 0 aliphatic heterocycles. The normalized spacial score (nSPS) is 12.3. The molecule has 2 aromatic carbocycles. The Morgan fingerprint density at radius 2 is 1.67 bits per heavy atom. The van der Waals surface area contributed by atoms with Crippen molar-refractivity contribution < 1.29 is 4.74 Å². The van der Waals surface area contributed by atoms with Crippen molar-refractivity contribution in [1.29, 1.82) is 0 Å². The maximum Gasteiger partial charge on any atom is 0.0926 e. The van der Waals surface area contributed by atoms with Crippen LogP contribution in [0.2, 0.25) is 0 Å². The van der Waals surface area contributed by atoms with Gasteiger partial charge < -0.3 is 4.74 Å². The highest BCUT2D eigenvalue weighted by Gasteiger charge is 2.10. The summed E-state index contributed by atoms with van der Waals surface area (Å²) in [7, 11) is 0. The zero-order chi connectivity index (χ0) is 12.8. The first-order valence-electron chi connectivity index (χ1n) is 5.76. The molecular formula is C15H14BrIO. The molecule has 0 aliphatic carbocycles. The number of halogens is 2. The fraction of sp³-hybridized carbons (Fsp3) is 0.200. The van der Waals surface area contributed by atoms with Crippen molar-refractivity contribution in [2.75, 3.05) is 5.33 Å². The van der Waals surface area contributed by atoms with E-state index in [1.54, 1.807) is 0 Å². The molecule has 0 aliphatic rings. The third-order valence-corrected chi connectivity index (χ3v) is 3.98. The first-order chi connectivity index (χ1) is 8.79. The van der Waals surface area contributed by atoms with Crippen LogP contribution < -0.4 is 0 Å². The van der Waals surface area contributed by atoms with E-state index in [1.165, 1.54) is 14.7 Å². The molecule has 0 radical (unpaired) electrons. The van der Waals surface area contributed by atoms with Gasteiger partial charge in [-0.15, -0.1) is 0 Å². The van der Waals surface area contributed by atoms with Crippen LogP contribution in [0.25, 0.3) is 0 Å². The van der Waals surface area contributed by atoms with E-state index in [0.29, 0.717) is 6.61 Å². The molecule has 1 unspecified atom stereocenters. The molecule has 0 heterocycles. The van der Waals surface area contributed by atoms with E-state index in [1.807, 2.05) is 18.2 Å². The Bertz CT molecular complexity index is 470. The van der Waals surface area contributed by atoms with Gasteiger partial charge in [0, 0.05) is 8.90 Å². The third kappa shape index (κ3) is 4.07. The van der Waals surface area contributed by atoms with E-state index in [2.05, 4.69) is 74.9 Å². The average Bonchev–Trinajstić information content (AvgIpc) is 2.42. The van der Waals surface area contributed by atoms with Gasteiger partial charge in [-0.1, -0.05) is 58.4 Å². The summed E-state index contributed by atoms with van der Waals surface area (Å²) < 4.78 is 7.20. The SMILES string of the molecule is BrCC(OCc1ccccc1)c1ccc(I)cc1. The van der Waals surface area contributed by atoms with Gasteiger partial charge in [0.15, 0.2) is 0 Å². The van der Waals surface area contributed by atoms with Crippen LogP contribution in [0, 0.1) is 3.57 Å². The monoisotopic (exact) mass is 416 g/mol.